The molecule has 2 N–H and O–H groups in total. The van der Waals surface area contributed by atoms with Crippen molar-refractivity contribution in [1.82, 2.24) is 0 Å². The minimum Gasteiger partial charge on any atom is -0.497 e. The van der Waals surface area contributed by atoms with Gasteiger partial charge in [-0.25, -0.2) is 8.42 Å². The summed E-state index contributed by atoms with van der Waals surface area (Å²) in [6, 6.07) is 17.9. The van der Waals surface area contributed by atoms with Gasteiger partial charge in [-0.05, 0) is 48.9 Å². The second-order valence-electron chi connectivity index (χ2n) is 6.25. The largest absolute Gasteiger partial charge is 0.497 e. The monoisotopic (exact) mass is 430 g/mol. The van der Waals surface area contributed by atoms with Gasteiger partial charge in [0, 0.05) is 17.3 Å². The highest BCUT2D eigenvalue weighted by Gasteiger charge is 2.21. The van der Waals surface area contributed by atoms with Gasteiger partial charge in [0.1, 0.15) is 10.6 Å². The number of para-hydroxylation sites is 1. The van der Waals surface area contributed by atoms with E-state index in [9.17, 15) is 13.2 Å². The van der Waals surface area contributed by atoms with Crippen LogP contribution >= 0.6 is 11.6 Å². The molecule has 0 unspecified atom stereocenters. The zero-order valence-electron chi connectivity index (χ0n) is 15.8. The van der Waals surface area contributed by atoms with Crippen molar-refractivity contribution in [2.24, 2.45) is 0 Å². The number of benzene rings is 3. The molecule has 29 heavy (non-hydrogen) atoms. The molecule has 3 aromatic rings. The minimum absolute atomic E-state index is 0.0176. The summed E-state index contributed by atoms with van der Waals surface area (Å²) in [6.07, 6.45) is 0. The van der Waals surface area contributed by atoms with E-state index in [2.05, 4.69) is 10.0 Å². The van der Waals surface area contributed by atoms with Crippen molar-refractivity contribution in [3.05, 3.63) is 82.9 Å². The van der Waals surface area contributed by atoms with Crippen LogP contribution in [0.5, 0.6) is 5.75 Å². The Morgan fingerprint density at radius 3 is 2.48 bits per heavy atom. The number of methoxy groups -OCH3 is 1. The maximum absolute atomic E-state index is 12.8. The van der Waals surface area contributed by atoms with Gasteiger partial charge in [0.05, 0.1) is 17.8 Å². The number of hydrogen-bond donors (Lipinski definition) is 2. The highest BCUT2D eigenvalue weighted by atomic mass is 35.5. The van der Waals surface area contributed by atoms with Crippen LogP contribution in [0.3, 0.4) is 0 Å². The van der Waals surface area contributed by atoms with Gasteiger partial charge < -0.3 is 10.1 Å². The van der Waals surface area contributed by atoms with Gasteiger partial charge in [-0.2, -0.15) is 0 Å². The van der Waals surface area contributed by atoms with Crippen molar-refractivity contribution in [2.45, 2.75) is 11.8 Å². The molecule has 0 saturated carbocycles. The molecule has 3 aromatic carbocycles. The number of carbonyl (C=O) groups excluding carboxylic acids is 1. The SMILES string of the molecule is COc1cccc(NC(=O)c2ccc(Cl)c(S(=O)(=O)Nc3ccccc3C)c2)c1. The lowest BCUT2D eigenvalue weighted by Gasteiger charge is -2.13. The van der Waals surface area contributed by atoms with Crippen LogP contribution in [0.4, 0.5) is 11.4 Å². The van der Waals surface area contributed by atoms with E-state index in [1.807, 2.05) is 6.07 Å². The van der Waals surface area contributed by atoms with Crippen molar-refractivity contribution in [3.63, 3.8) is 0 Å². The van der Waals surface area contributed by atoms with Gasteiger partial charge in [0.15, 0.2) is 0 Å². The molecule has 0 aliphatic carbocycles. The van der Waals surface area contributed by atoms with E-state index in [0.29, 0.717) is 17.1 Å². The third-order valence-corrected chi connectivity index (χ3v) is 6.05. The van der Waals surface area contributed by atoms with Crippen LogP contribution in [0.2, 0.25) is 5.02 Å². The number of sulfonamides is 1. The molecule has 0 radical (unpaired) electrons. The molecule has 0 heterocycles. The van der Waals surface area contributed by atoms with Gasteiger partial charge in [0.2, 0.25) is 0 Å². The smallest absolute Gasteiger partial charge is 0.263 e. The number of nitrogens with one attached hydrogen (secondary N) is 2. The molecule has 0 fully saturated rings. The number of ether oxygens (including phenoxy) is 1. The first kappa shape index (κ1) is 20.7. The van der Waals surface area contributed by atoms with Crippen LogP contribution in [0.25, 0.3) is 0 Å². The Kier molecular flexibility index (Phi) is 6.10. The molecular weight excluding hydrogens is 412 g/mol. The standard InChI is InChI=1S/C21H19ClN2O4S/c1-14-6-3-4-9-19(14)24-29(26,27)20-12-15(10-11-18(20)22)21(25)23-16-7-5-8-17(13-16)28-2/h3-13,24H,1-2H3,(H,23,25). The number of anilines is 2. The van der Waals surface area contributed by atoms with Crippen LogP contribution in [0, 0.1) is 6.92 Å². The Morgan fingerprint density at radius 1 is 1.00 bits per heavy atom. The first-order valence-electron chi connectivity index (χ1n) is 8.63. The average Bonchev–Trinajstić information content (AvgIpc) is 2.70. The van der Waals surface area contributed by atoms with E-state index < -0.39 is 15.9 Å². The van der Waals surface area contributed by atoms with E-state index >= 15 is 0 Å². The Bertz CT molecular complexity index is 1160. The summed E-state index contributed by atoms with van der Waals surface area (Å²) in [7, 11) is -2.46. The summed E-state index contributed by atoms with van der Waals surface area (Å²) in [6.45, 7) is 1.79. The quantitative estimate of drug-likeness (QED) is 0.593. The topological polar surface area (TPSA) is 84.5 Å². The van der Waals surface area contributed by atoms with Crippen molar-refractivity contribution in [3.8, 4) is 5.75 Å². The van der Waals surface area contributed by atoms with Crippen molar-refractivity contribution >= 4 is 38.9 Å². The predicted molar refractivity (Wildman–Crippen MR) is 114 cm³/mol. The van der Waals surface area contributed by atoms with Gasteiger partial charge in [-0.1, -0.05) is 35.9 Å². The third kappa shape index (κ3) is 4.88. The van der Waals surface area contributed by atoms with Gasteiger partial charge in [-0.3, -0.25) is 9.52 Å². The third-order valence-electron chi connectivity index (χ3n) is 4.20. The van der Waals surface area contributed by atoms with Crippen LogP contribution in [0.15, 0.2) is 71.6 Å². The van der Waals surface area contributed by atoms with E-state index in [0.717, 1.165) is 5.56 Å². The molecular formula is C21H19ClN2O4S. The van der Waals surface area contributed by atoms with Crippen molar-refractivity contribution in [1.29, 1.82) is 0 Å². The van der Waals surface area contributed by atoms with Crippen LogP contribution < -0.4 is 14.8 Å². The Balaban J connectivity index is 1.89. The zero-order chi connectivity index (χ0) is 21.0. The number of aryl methyl sites for hydroxylation is 1. The normalized spacial score (nSPS) is 11.0. The lowest BCUT2D eigenvalue weighted by atomic mass is 10.2. The van der Waals surface area contributed by atoms with Crippen molar-refractivity contribution < 1.29 is 17.9 Å². The summed E-state index contributed by atoms with van der Waals surface area (Å²) in [5.41, 5.74) is 1.88. The summed E-state index contributed by atoms with van der Waals surface area (Å²) in [5, 5.41) is 2.73. The highest BCUT2D eigenvalue weighted by molar-refractivity contribution is 7.92. The summed E-state index contributed by atoms with van der Waals surface area (Å²) in [4.78, 5) is 12.4. The highest BCUT2D eigenvalue weighted by Crippen LogP contribution is 2.27. The molecule has 0 saturated heterocycles. The second-order valence-corrected chi connectivity index (χ2v) is 8.31. The summed E-state index contributed by atoms with van der Waals surface area (Å²) >= 11 is 6.12. The minimum atomic E-state index is -3.99. The molecule has 0 bridgehead atoms. The van der Waals surface area contributed by atoms with Crippen molar-refractivity contribution in [2.75, 3.05) is 17.1 Å². The molecule has 0 spiro atoms. The number of hydrogen-bond acceptors (Lipinski definition) is 4. The Morgan fingerprint density at radius 2 is 1.76 bits per heavy atom. The lowest BCUT2D eigenvalue weighted by Crippen LogP contribution is -2.17. The molecule has 1 amide bonds. The average molecular weight is 431 g/mol. The number of halogens is 1. The first-order chi connectivity index (χ1) is 13.8. The van der Waals surface area contributed by atoms with E-state index in [-0.39, 0.29) is 15.5 Å². The zero-order valence-corrected chi connectivity index (χ0v) is 17.3. The molecule has 150 valence electrons. The summed E-state index contributed by atoms with van der Waals surface area (Å²) in [5.74, 6) is 0.117. The molecule has 6 nitrogen and oxygen atoms in total. The van der Waals surface area contributed by atoms with Crippen LogP contribution in [0.1, 0.15) is 15.9 Å². The first-order valence-corrected chi connectivity index (χ1v) is 10.5. The van der Waals surface area contributed by atoms with E-state index in [4.69, 9.17) is 16.3 Å². The molecule has 0 aliphatic rings. The number of rotatable bonds is 6. The van der Waals surface area contributed by atoms with Crippen LogP contribution in [-0.2, 0) is 10.0 Å². The van der Waals surface area contributed by atoms with E-state index in [1.54, 1.807) is 49.4 Å². The molecule has 0 aliphatic heterocycles. The van der Waals surface area contributed by atoms with E-state index in [1.165, 1.54) is 25.3 Å². The number of amides is 1. The predicted octanol–water partition coefficient (Wildman–Crippen LogP) is 4.71. The Hall–Kier alpha value is -3.03. The maximum Gasteiger partial charge on any atom is 0.263 e. The van der Waals surface area contributed by atoms with Gasteiger partial charge in [0.25, 0.3) is 15.9 Å². The second kappa shape index (κ2) is 8.55. The Labute approximate surface area is 174 Å². The molecule has 8 heteroatoms. The van der Waals surface area contributed by atoms with Crippen LogP contribution in [-0.4, -0.2) is 21.4 Å². The fraction of sp³-hybridized carbons (Fsp3) is 0.0952. The molecule has 0 aromatic heterocycles. The van der Waals surface area contributed by atoms with Gasteiger partial charge in [-0.15, -0.1) is 0 Å². The fourth-order valence-electron chi connectivity index (χ4n) is 2.64. The summed E-state index contributed by atoms with van der Waals surface area (Å²) < 4.78 is 33.3. The molecule has 0 atom stereocenters. The lowest BCUT2D eigenvalue weighted by molar-refractivity contribution is 0.102. The number of carbonyl (C=O) groups is 1. The van der Waals surface area contributed by atoms with Gasteiger partial charge >= 0.3 is 0 Å². The molecule has 3 rings (SSSR count). The fourth-order valence-corrected chi connectivity index (χ4v) is 4.30. The maximum atomic E-state index is 12.8.